The first-order valence-corrected chi connectivity index (χ1v) is 9.44. The number of piperazine rings is 1. The van der Waals surface area contributed by atoms with Gasteiger partial charge in [-0.25, -0.2) is 9.78 Å². The number of aromatic nitrogens is 2. The highest BCUT2D eigenvalue weighted by Crippen LogP contribution is 2.14. The Morgan fingerprint density at radius 2 is 1.92 bits per heavy atom. The molecule has 25 heavy (non-hydrogen) atoms. The average molecular weight is 368 g/mol. The summed E-state index contributed by atoms with van der Waals surface area (Å²) < 4.78 is 4.96. The number of amides is 2. The van der Waals surface area contributed by atoms with E-state index in [0.717, 1.165) is 18.5 Å². The first kappa shape index (κ1) is 19.3. The minimum absolute atomic E-state index is 0.0305. The monoisotopic (exact) mass is 368 g/mol. The van der Waals surface area contributed by atoms with Crippen LogP contribution in [0.3, 0.4) is 0 Å². The fraction of sp³-hybridized carbons (Fsp3) is 0.625. The molecule has 1 aliphatic heterocycles. The normalized spacial score (nSPS) is 14.5. The lowest BCUT2D eigenvalue weighted by Gasteiger charge is -2.34. The van der Waals surface area contributed by atoms with Crippen LogP contribution in [0.1, 0.15) is 26.0 Å². The molecule has 1 N–H and O–H groups in total. The van der Waals surface area contributed by atoms with Crippen LogP contribution in [0.5, 0.6) is 0 Å². The summed E-state index contributed by atoms with van der Waals surface area (Å²) in [4.78, 5) is 46.0. The van der Waals surface area contributed by atoms with Gasteiger partial charge in [0.15, 0.2) is 5.16 Å². The maximum Gasteiger partial charge on any atom is 0.409 e. The number of H-pyrrole nitrogens is 1. The first-order valence-electron chi connectivity index (χ1n) is 8.46. The van der Waals surface area contributed by atoms with E-state index in [-0.39, 0.29) is 23.3 Å². The number of carbonyl (C=O) groups excluding carboxylic acids is 2. The Labute approximate surface area is 150 Å². The Bertz CT molecular complexity index is 656. The third-order valence-corrected chi connectivity index (χ3v) is 4.63. The molecule has 9 heteroatoms. The van der Waals surface area contributed by atoms with Crippen molar-refractivity contribution in [2.45, 2.75) is 31.8 Å². The smallest absolute Gasteiger partial charge is 0.409 e. The molecule has 0 saturated carbocycles. The highest BCUT2D eigenvalue weighted by atomic mass is 32.2. The van der Waals surface area contributed by atoms with Crippen molar-refractivity contribution in [1.29, 1.82) is 0 Å². The van der Waals surface area contributed by atoms with Gasteiger partial charge < -0.3 is 19.5 Å². The molecule has 1 aliphatic rings. The van der Waals surface area contributed by atoms with Crippen molar-refractivity contribution in [3.05, 3.63) is 22.1 Å². The molecular formula is C16H24N4O4S. The minimum Gasteiger partial charge on any atom is -0.450 e. The number of ether oxygens (including phenoxy) is 1. The van der Waals surface area contributed by atoms with E-state index in [2.05, 4.69) is 9.97 Å². The quantitative estimate of drug-likeness (QED) is 0.597. The Hall–Kier alpha value is -2.03. The highest BCUT2D eigenvalue weighted by Gasteiger charge is 2.24. The lowest BCUT2D eigenvalue weighted by Crippen LogP contribution is -2.51. The van der Waals surface area contributed by atoms with Crippen molar-refractivity contribution in [3.63, 3.8) is 0 Å². The maximum absolute atomic E-state index is 12.3. The number of nitrogens with zero attached hydrogens (tertiary/aromatic N) is 3. The Morgan fingerprint density at radius 1 is 1.24 bits per heavy atom. The number of thioether (sulfide) groups is 1. The van der Waals surface area contributed by atoms with E-state index in [9.17, 15) is 14.4 Å². The van der Waals surface area contributed by atoms with Gasteiger partial charge in [-0.15, -0.1) is 0 Å². The van der Waals surface area contributed by atoms with Crippen LogP contribution in [0.4, 0.5) is 4.79 Å². The van der Waals surface area contributed by atoms with E-state index < -0.39 is 0 Å². The minimum atomic E-state index is -0.335. The van der Waals surface area contributed by atoms with Crippen LogP contribution < -0.4 is 5.56 Å². The molecule has 0 unspecified atom stereocenters. The van der Waals surface area contributed by atoms with Gasteiger partial charge in [-0.2, -0.15) is 0 Å². The molecule has 0 radical (unpaired) electrons. The van der Waals surface area contributed by atoms with Gasteiger partial charge in [0.05, 0.1) is 12.4 Å². The molecular weight excluding hydrogens is 344 g/mol. The van der Waals surface area contributed by atoms with Crippen LogP contribution >= 0.6 is 11.8 Å². The van der Waals surface area contributed by atoms with Gasteiger partial charge in [0.25, 0.3) is 5.56 Å². The van der Waals surface area contributed by atoms with Crippen LogP contribution in [0.2, 0.25) is 0 Å². The molecule has 138 valence electrons. The summed E-state index contributed by atoms with van der Waals surface area (Å²) in [6, 6.07) is 1.49. The van der Waals surface area contributed by atoms with E-state index in [1.54, 1.807) is 16.7 Å². The number of aryl methyl sites for hydroxylation is 1. The number of rotatable bonds is 6. The van der Waals surface area contributed by atoms with Gasteiger partial charge in [-0.1, -0.05) is 25.1 Å². The standard InChI is InChI=1S/C16H24N4O4S/c1-3-5-12-10-13(21)18-15(17-12)25-11-14(22)19-6-8-20(9-7-19)16(23)24-4-2/h10H,3-9,11H2,1-2H3,(H,17,18,21). The Balaban J connectivity index is 1.83. The average Bonchev–Trinajstić information content (AvgIpc) is 2.60. The fourth-order valence-corrected chi connectivity index (χ4v) is 3.31. The van der Waals surface area contributed by atoms with E-state index in [1.807, 2.05) is 6.92 Å². The van der Waals surface area contributed by atoms with Gasteiger partial charge in [0.1, 0.15) is 0 Å². The molecule has 0 spiro atoms. The van der Waals surface area contributed by atoms with E-state index in [1.165, 1.54) is 17.8 Å². The van der Waals surface area contributed by atoms with Crippen molar-refractivity contribution >= 4 is 23.8 Å². The molecule has 1 aromatic rings. The summed E-state index contributed by atoms with van der Waals surface area (Å²) in [5.74, 6) is 0.176. The maximum atomic E-state index is 12.3. The first-order chi connectivity index (χ1) is 12.0. The van der Waals surface area contributed by atoms with Gasteiger partial charge in [-0.05, 0) is 13.3 Å². The van der Waals surface area contributed by atoms with Crippen LogP contribution in [0.25, 0.3) is 0 Å². The molecule has 0 atom stereocenters. The molecule has 0 aliphatic carbocycles. The molecule has 8 nitrogen and oxygen atoms in total. The molecule has 1 saturated heterocycles. The van der Waals surface area contributed by atoms with Crippen LogP contribution in [-0.4, -0.2) is 70.3 Å². The number of hydrogen-bond acceptors (Lipinski definition) is 6. The third kappa shape index (κ3) is 5.77. The van der Waals surface area contributed by atoms with Gasteiger partial charge in [0, 0.05) is 37.9 Å². The molecule has 2 rings (SSSR count). The lowest BCUT2D eigenvalue weighted by atomic mass is 10.2. The molecule has 0 bridgehead atoms. The van der Waals surface area contributed by atoms with E-state index >= 15 is 0 Å². The van der Waals surface area contributed by atoms with Crippen LogP contribution in [0, 0.1) is 0 Å². The zero-order chi connectivity index (χ0) is 18.2. The topological polar surface area (TPSA) is 95.6 Å². The van der Waals surface area contributed by atoms with Gasteiger partial charge >= 0.3 is 6.09 Å². The predicted molar refractivity (Wildman–Crippen MR) is 94.8 cm³/mol. The van der Waals surface area contributed by atoms with E-state index in [0.29, 0.717) is 37.9 Å². The van der Waals surface area contributed by atoms with Crippen molar-refractivity contribution < 1.29 is 14.3 Å². The Kier molecular flexibility index (Phi) is 7.30. The van der Waals surface area contributed by atoms with Crippen LogP contribution in [0.15, 0.2) is 16.0 Å². The molecule has 1 fully saturated rings. The second-order valence-electron chi connectivity index (χ2n) is 5.65. The van der Waals surface area contributed by atoms with Crippen molar-refractivity contribution in [2.75, 3.05) is 38.5 Å². The summed E-state index contributed by atoms with van der Waals surface area (Å²) in [6.07, 6.45) is 1.31. The summed E-state index contributed by atoms with van der Waals surface area (Å²) in [5.41, 5.74) is 0.542. The SMILES string of the molecule is CCCc1cc(=O)[nH]c(SCC(=O)N2CCN(C(=O)OCC)CC2)n1. The molecule has 1 aromatic heterocycles. The molecule has 2 amide bonds. The second kappa shape index (κ2) is 9.45. The lowest BCUT2D eigenvalue weighted by molar-refractivity contribution is -0.129. The van der Waals surface area contributed by atoms with Gasteiger partial charge in [-0.3, -0.25) is 9.59 Å². The van der Waals surface area contributed by atoms with Gasteiger partial charge in [0.2, 0.25) is 5.91 Å². The summed E-state index contributed by atoms with van der Waals surface area (Å²) in [5, 5.41) is 0.467. The van der Waals surface area contributed by atoms with Crippen molar-refractivity contribution in [3.8, 4) is 0 Å². The fourth-order valence-electron chi connectivity index (χ4n) is 2.51. The predicted octanol–water partition coefficient (Wildman–Crippen LogP) is 1.12. The highest BCUT2D eigenvalue weighted by molar-refractivity contribution is 7.99. The number of aromatic amines is 1. The summed E-state index contributed by atoms with van der Waals surface area (Å²) >= 11 is 1.23. The van der Waals surface area contributed by atoms with Crippen molar-refractivity contribution in [2.24, 2.45) is 0 Å². The molecule has 2 heterocycles. The number of nitrogens with one attached hydrogen (secondary N) is 1. The molecule has 0 aromatic carbocycles. The largest absolute Gasteiger partial charge is 0.450 e. The Morgan fingerprint density at radius 3 is 2.56 bits per heavy atom. The summed E-state index contributed by atoms with van der Waals surface area (Å²) in [6.45, 7) is 6.04. The second-order valence-corrected chi connectivity index (χ2v) is 6.61. The number of carbonyl (C=O) groups is 2. The van der Waals surface area contributed by atoms with Crippen molar-refractivity contribution in [1.82, 2.24) is 19.8 Å². The van der Waals surface area contributed by atoms with Crippen LogP contribution in [-0.2, 0) is 16.0 Å². The zero-order valence-corrected chi connectivity index (χ0v) is 15.4. The number of hydrogen-bond donors (Lipinski definition) is 1. The third-order valence-electron chi connectivity index (χ3n) is 3.77. The summed E-state index contributed by atoms with van der Waals surface area (Å²) in [7, 11) is 0. The van der Waals surface area contributed by atoms with E-state index in [4.69, 9.17) is 4.74 Å². The zero-order valence-electron chi connectivity index (χ0n) is 14.6.